The predicted octanol–water partition coefficient (Wildman–Crippen LogP) is 4.49. The fourth-order valence-corrected chi connectivity index (χ4v) is 4.08. The van der Waals surface area contributed by atoms with Gasteiger partial charge in [0.2, 0.25) is 5.91 Å². The number of aromatic nitrogens is 2. The van der Waals surface area contributed by atoms with Crippen molar-refractivity contribution in [2.75, 3.05) is 11.4 Å². The van der Waals surface area contributed by atoms with Crippen LogP contribution in [0.3, 0.4) is 0 Å². The summed E-state index contributed by atoms with van der Waals surface area (Å²) in [7, 11) is 0. The van der Waals surface area contributed by atoms with Gasteiger partial charge in [0.05, 0.1) is 22.7 Å². The van der Waals surface area contributed by atoms with Gasteiger partial charge >= 0.3 is 0 Å². The molecule has 7 nitrogen and oxygen atoms in total. The summed E-state index contributed by atoms with van der Waals surface area (Å²) in [5.74, 6) is -0.0460. The van der Waals surface area contributed by atoms with Gasteiger partial charge in [-0.15, -0.1) is 0 Å². The molecule has 0 atom stereocenters. The Morgan fingerprint density at radius 1 is 1.20 bits per heavy atom. The summed E-state index contributed by atoms with van der Waals surface area (Å²) in [6.07, 6.45) is 0.829. The van der Waals surface area contributed by atoms with Crippen molar-refractivity contribution in [1.29, 1.82) is 0 Å². The van der Waals surface area contributed by atoms with E-state index in [2.05, 4.69) is 5.10 Å². The highest BCUT2D eigenvalue weighted by molar-refractivity contribution is 6.31. The van der Waals surface area contributed by atoms with Gasteiger partial charge < -0.3 is 4.90 Å². The van der Waals surface area contributed by atoms with Gasteiger partial charge in [0, 0.05) is 40.6 Å². The number of amides is 1. The molecule has 0 unspecified atom stereocenters. The Bertz CT molecular complexity index is 1190. The first kappa shape index (κ1) is 20.1. The van der Waals surface area contributed by atoms with E-state index in [-0.39, 0.29) is 18.0 Å². The van der Waals surface area contributed by atoms with E-state index < -0.39 is 4.92 Å². The van der Waals surface area contributed by atoms with Gasteiger partial charge in [-0.2, -0.15) is 5.10 Å². The maximum Gasteiger partial charge on any atom is 0.269 e. The van der Waals surface area contributed by atoms with Gasteiger partial charge in [-0.05, 0) is 56.5 Å². The van der Waals surface area contributed by atoms with Crippen LogP contribution in [0, 0.1) is 30.9 Å². The van der Waals surface area contributed by atoms with Crippen LogP contribution in [0.2, 0.25) is 5.02 Å². The average Bonchev–Trinajstić information content (AvgIpc) is 3.25. The Hall–Kier alpha value is -3.19. The molecule has 1 amide bonds. The molecule has 0 N–H and O–H groups in total. The molecule has 8 heteroatoms. The summed E-state index contributed by atoms with van der Waals surface area (Å²) >= 11 is 6.27. The number of benzene rings is 2. The lowest BCUT2D eigenvalue weighted by atomic mass is 10.1. The van der Waals surface area contributed by atoms with Gasteiger partial charge in [-0.1, -0.05) is 17.7 Å². The topological polar surface area (TPSA) is 81.3 Å². The molecule has 1 aliphatic heterocycles. The van der Waals surface area contributed by atoms with E-state index in [1.165, 1.54) is 6.07 Å². The van der Waals surface area contributed by atoms with Crippen molar-refractivity contribution in [1.82, 2.24) is 9.78 Å². The zero-order valence-electron chi connectivity index (χ0n) is 17.0. The number of rotatable bonds is 4. The van der Waals surface area contributed by atoms with Crippen molar-refractivity contribution in [3.63, 3.8) is 0 Å². The lowest BCUT2D eigenvalue weighted by molar-refractivity contribution is -0.384. The lowest BCUT2D eigenvalue weighted by Gasteiger charge is -2.17. The van der Waals surface area contributed by atoms with Crippen LogP contribution in [0.1, 0.15) is 28.1 Å². The number of non-ortho nitro benzene ring substituents is 1. The lowest BCUT2D eigenvalue weighted by Crippen LogP contribution is -2.30. The van der Waals surface area contributed by atoms with Crippen LogP contribution in [0.25, 0.3) is 5.69 Å². The summed E-state index contributed by atoms with van der Waals surface area (Å²) in [4.78, 5) is 25.4. The number of anilines is 1. The fourth-order valence-electron chi connectivity index (χ4n) is 3.90. The van der Waals surface area contributed by atoms with Crippen LogP contribution in [0.5, 0.6) is 0 Å². The van der Waals surface area contributed by atoms with Gasteiger partial charge in [-0.25, -0.2) is 4.68 Å². The van der Waals surface area contributed by atoms with E-state index in [1.54, 1.807) is 17.0 Å². The van der Waals surface area contributed by atoms with Crippen molar-refractivity contribution >= 4 is 28.9 Å². The van der Waals surface area contributed by atoms with E-state index in [0.717, 1.165) is 39.5 Å². The molecule has 4 rings (SSSR count). The summed E-state index contributed by atoms with van der Waals surface area (Å²) in [5, 5.41) is 16.3. The Morgan fingerprint density at radius 3 is 2.67 bits per heavy atom. The second kappa shape index (κ2) is 7.57. The van der Waals surface area contributed by atoms with Crippen molar-refractivity contribution in [3.8, 4) is 5.69 Å². The number of hydrogen-bond donors (Lipinski definition) is 0. The van der Waals surface area contributed by atoms with Crippen molar-refractivity contribution in [2.24, 2.45) is 0 Å². The molecule has 154 valence electrons. The largest absolute Gasteiger partial charge is 0.312 e. The highest BCUT2D eigenvalue weighted by Gasteiger charge is 2.28. The molecule has 2 aromatic carbocycles. The van der Waals surface area contributed by atoms with Crippen LogP contribution < -0.4 is 4.90 Å². The summed E-state index contributed by atoms with van der Waals surface area (Å²) in [6, 6.07) is 10.4. The molecule has 2 heterocycles. The second-order valence-electron chi connectivity index (χ2n) is 7.54. The SMILES string of the molecule is Cc1ccc(-n2nc(C)c(CC(=O)N3CCc4cc([N+](=O)[O-])ccc43)c2C)cc1Cl. The second-order valence-corrected chi connectivity index (χ2v) is 7.94. The minimum absolute atomic E-state index is 0.0460. The third-order valence-corrected chi connectivity index (χ3v) is 6.05. The summed E-state index contributed by atoms with van der Waals surface area (Å²) < 4.78 is 1.81. The first-order valence-electron chi connectivity index (χ1n) is 9.65. The number of halogens is 1. The Kier molecular flexibility index (Phi) is 5.07. The number of carbonyl (C=O) groups is 1. The normalized spacial score (nSPS) is 12.9. The maximum absolute atomic E-state index is 13.1. The highest BCUT2D eigenvalue weighted by Crippen LogP contribution is 2.32. The molecule has 1 aromatic heterocycles. The van der Waals surface area contributed by atoms with E-state index >= 15 is 0 Å². The molecular formula is C22H21ClN4O3. The summed E-state index contributed by atoms with van der Waals surface area (Å²) in [6.45, 7) is 6.30. The molecule has 0 saturated heterocycles. The number of nitro benzene ring substituents is 1. The van der Waals surface area contributed by atoms with Crippen molar-refractivity contribution in [2.45, 2.75) is 33.6 Å². The Morgan fingerprint density at radius 2 is 1.97 bits per heavy atom. The fraction of sp³-hybridized carbons (Fsp3) is 0.273. The molecule has 0 saturated carbocycles. The van der Waals surface area contributed by atoms with Crippen LogP contribution in [-0.2, 0) is 17.6 Å². The van der Waals surface area contributed by atoms with Gasteiger partial charge in [0.15, 0.2) is 0 Å². The maximum atomic E-state index is 13.1. The third-order valence-electron chi connectivity index (χ3n) is 5.64. The molecule has 30 heavy (non-hydrogen) atoms. The van der Waals surface area contributed by atoms with Crippen LogP contribution in [-0.4, -0.2) is 27.2 Å². The van der Waals surface area contributed by atoms with Crippen LogP contribution in [0.4, 0.5) is 11.4 Å². The standard InChI is InChI=1S/C22H21ClN4O3/c1-13-4-5-17(11-20(13)23)26-15(3)19(14(2)24-26)12-22(28)25-9-8-16-10-18(27(29)30)6-7-21(16)25/h4-7,10-11H,8-9,12H2,1-3H3. The Balaban J connectivity index is 1.60. The van der Waals surface area contributed by atoms with Gasteiger partial charge in [0.25, 0.3) is 5.69 Å². The van der Waals surface area contributed by atoms with Gasteiger partial charge in [0.1, 0.15) is 0 Å². The monoisotopic (exact) mass is 424 g/mol. The molecular weight excluding hydrogens is 404 g/mol. The van der Waals surface area contributed by atoms with Crippen LogP contribution in [0.15, 0.2) is 36.4 Å². The zero-order valence-corrected chi connectivity index (χ0v) is 17.7. The van der Waals surface area contributed by atoms with Crippen LogP contribution >= 0.6 is 11.6 Å². The minimum Gasteiger partial charge on any atom is -0.312 e. The number of nitrogens with zero attached hydrogens (tertiary/aromatic N) is 4. The quantitative estimate of drug-likeness (QED) is 0.456. The van der Waals surface area contributed by atoms with E-state index in [1.807, 2.05) is 43.7 Å². The van der Waals surface area contributed by atoms with Crippen molar-refractivity contribution < 1.29 is 9.72 Å². The predicted molar refractivity (Wildman–Crippen MR) is 116 cm³/mol. The van der Waals surface area contributed by atoms with Gasteiger partial charge in [-0.3, -0.25) is 14.9 Å². The zero-order chi connectivity index (χ0) is 21.6. The smallest absolute Gasteiger partial charge is 0.269 e. The molecule has 0 spiro atoms. The van der Waals surface area contributed by atoms with E-state index in [0.29, 0.717) is 18.0 Å². The molecule has 3 aromatic rings. The third kappa shape index (κ3) is 3.45. The summed E-state index contributed by atoms with van der Waals surface area (Å²) in [5.41, 5.74) is 6.04. The molecule has 0 bridgehead atoms. The Labute approximate surface area is 179 Å². The first-order valence-corrected chi connectivity index (χ1v) is 10.0. The number of fused-ring (bicyclic) bond motifs is 1. The van der Waals surface area contributed by atoms with E-state index in [9.17, 15) is 14.9 Å². The molecule has 0 fully saturated rings. The first-order chi connectivity index (χ1) is 14.3. The average molecular weight is 425 g/mol. The molecule has 0 aliphatic carbocycles. The number of carbonyl (C=O) groups excluding carboxylic acids is 1. The highest BCUT2D eigenvalue weighted by atomic mass is 35.5. The molecule has 1 aliphatic rings. The van der Waals surface area contributed by atoms with E-state index in [4.69, 9.17) is 11.6 Å². The number of nitro groups is 1. The minimum atomic E-state index is -0.413. The number of hydrogen-bond acceptors (Lipinski definition) is 4. The van der Waals surface area contributed by atoms with Crippen molar-refractivity contribution in [3.05, 3.63) is 79.6 Å². The molecule has 0 radical (unpaired) electrons. The number of aryl methyl sites for hydroxylation is 2.